The summed E-state index contributed by atoms with van der Waals surface area (Å²) in [6, 6.07) is 0.315. The summed E-state index contributed by atoms with van der Waals surface area (Å²) >= 11 is 0. The van der Waals surface area contributed by atoms with Crippen LogP contribution in [0, 0.1) is 0 Å². The van der Waals surface area contributed by atoms with Crippen molar-refractivity contribution in [3.8, 4) is 11.5 Å². The first-order valence-corrected chi connectivity index (χ1v) is 5.62. The molecular weight excluding hydrogens is 218 g/mol. The lowest BCUT2D eigenvalue weighted by molar-refractivity contribution is 0.363. The maximum atomic E-state index is 5.17. The van der Waals surface area contributed by atoms with Crippen LogP contribution >= 0.6 is 0 Å². The Morgan fingerprint density at radius 2 is 2.29 bits per heavy atom. The van der Waals surface area contributed by atoms with Crippen molar-refractivity contribution in [2.45, 2.75) is 26.3 Å². The van der Waals surface area contributed by atoms with Crippen LogP contribution < -0.4 is 5.32 Å². The SMILES string of the molecule is CCNC(C)Cc1nc(-c2cnccn2)no1. The second kappa shape index (κ2) is 5.49. The van der Waals surface area contributed by atoms with Crippen LogP contribution in [-0.2, 0) is 6.42 Å². The normalized spacial score (nSPS) is 12.6. The van der Waals surface area contributed by atoms with Crippen LogP contribution in [0.1, 0.15) is 19.7 Å². The Morgan fingerprint density at radius 1 is 1.41 bits per heavy atom. The molecule has 6 nitrogen and oxygen atoms in total. The molecule has 0 aliphatic carbocycles. The predicted octanol–water partition coefficient (Wildman–Crippen LogP) is 1.07. The van der Waals surface area contributed by atoms with E-state index in [0.717, 1.165) is 6.54 Å². The van der Waals surface area contributed by atoms with Crippen LogP contribution in [-0.4, -0.2) is 32.7 Å². The first-order valence-electron chi connectivity index (χ1n) is 5.62. The van der Waals surface area contributed by atoms with E-state index in [4.69, 9.17) is 4.52 Å². The van der Waals surface area contributed by atoms with E-state index < -0.39 is 0 Å². The van der Waals surface area contributed by atoms with E-state index in [1.807, 2.05) is 0 Å². The van der Waals surface area contributed by atoms with Crippen molar-refractivity contribution >= 4 is 0 Å². The molecule has 1 atom stereocenters. The molecule has 2 heterocycles. The molecule has 0 radical (unpaired) electrons. The molecule has 1 unspecified atom stereocenters. The van der Waals surface area contributed by atoms with Gasteiger partial charge in [-0.3, -0.25) is 4.98 Å². The van der Waals surface area contributed by atoms with Gasteiger partial charge in [0.05, 0.1) is 6.20 Å². The van der Waals surface area contributed by atoms with Crippen molar-refractivity contribution in [1.29, 1.82) is 0 Å². The van der Waals surface area contributed by atoms with Gasteiger partial charge in [-0.1, -0.05) is 12.1 Å². The molecule has 0 amide bonds. The van der Waals surface area contributed by atoms with E-state index in [1.165, 1.54) is 0 Å². The van der Waals surface area contributed by atoms with Gasteiger partial charge < -0.3 is 9.84 Å². The van der Waals surface area contributed by atoms with Gasteiger partial charge in [-0.05, 0) is 13.5 Å². The standard InChI is InChI=1S/C11H15N5O/c1-3-13-8(2)6-10-15-11(16-17-10)9-7-12-4-5-14-9/h4-5,7-8,13H,3,6H2,1-2H3. The Hall–Kier alpha value is -1.82. The number of hydrogen-bond acceptors (Lipinski definition) is 6. The van der Waals surface area contributed by atoms with Gasteiger partial charge in [-0.25, -0.2) is 4.98 Å². The molecule has 0 aliphatic heterocycles. The molecule has 2 aromatic rings. The summed E-state index contributed by atoms with van der Waals surface area (Å²) < 4.78 is 5.17. The minimum atomic E-state index is 0.315. The van der Waals surface area contributed by atoms with Gasteiger partial charge in [0, 0.05) is 24.9 Å². The lowest BCUT2D eigenvalue weighted by Crippen LogP contribution is -2.27. The van der Waals surface area contributed by atoms with Gasteiger partial charge in [-0.15, -0.1) is 0 Å². The smallest absolute Gasteiger partial charge is 0.228 e. The third kappa shape index (κ3) is 3.07. The van der Waals surface area contributed by atoms with Gasteiger partial charge in [0.1, 0.15) is 5.69 Å². The van der Waals surface area contributed by atoms with Crippen LogP contribution in [0.3, 0.4) is 0 Å². The Bertz CT molecular complexity index is 456. The third-order valence-corrected chi connectivity index (χ3v) is 2.29. The minimum Gasteiger partial charge on any atom is -0.339 e. The monoisotopic (exact) mass is 233 g/mol. The number of nitrogens with one attached hydrogen (secondary N) is 1. The first kappa shape index (κ1) is 11.7. The molecule has 0 aromatic carbocycles. The van der Waals surface area contributed by atoms with Crippen LogP contribution in [0.25, 0.3) is 11.5 Å². The highest BCUT2D eigenvalue weighted by molar-refractivity contribution is 5.45. The second-order valence-electron chi connectivity index (χ2n) is 3.77. The zero-order chi connectivity index (χ0) is 12.1. The van der Waals surface area contributed by atoms with Crippen LogP contribution in [0.2, 0.25) is 0 Å². The van der Waals surface area contributed by atoms with E-state index in [1.54, 1.807) is 18.6 Å². The fraction of sp³-hybridized carbons (Fsp3) is 0.455. The summed E-state index contributed by atoms with van der Waals surface area (Å²) in [5.74, 6) is 1.09. The van der Waals surface area contributed by atoms with Crippen molar-refractivity contribution in [3.05, 3.63) is 24.5 Å². The Morgan fingerprint density at radius 3 is 3.00 bits per heavy atom. The van der Waals surface area contributed by atoms with E-state index >= 15 is 0 Å². The van der Waals surface area contributed by atoms with Crippen LogP contribution in [0.4, 0.5) is 0 Å². The summed E-state index contributed by atoms with van der Waals surface area (Å²) in [7, 11) is 0. The topological polar surface area (TPSA) is 76.7 Å². The van der Waals surface area contributed by atoms with E-state index in [9.17, 15) is 0 Å². The number of hydrogen-bond donors (Lipinski definition) is 1. The van der Waals surface area contributed by atoms with Gasteiger partial charge >= 0.3 is 0 Å². The molecular formula is C11H15N5O. The van der Waals surface area contributed by atoms with Crippen LogP contribution in [0.5, 0.6) is 0 Å². The van der Waals surface area contributed by atoms with Crippen LogP contribution in [0.15, 0.2) is 23.1 Å². The Balaban J connectivity index is 2.06. The molecule has 2 rings (SSSR count). The predicted molar refractivity (Wildman–Crippen MR) is 62.2 cm³/mol. The molecule has 0 spiro atoms. The molecule has 2 aromatic heterocycles. The first-order chi connectivity index (χ1) is 8.29. The Kier molecular flexibility index (Phi) is 3.77. The zero-order valence-electron chi connectivity index (χ0n) is 9.92. The summed E-state index contributed by atoms with van der Waals surface area (Å²) in [5.41, 5.74) is 0.624. The summed E-state index contributed by atoms with van der Waals surface area (Å²) in [6.07, 6.45) is 5.54. The molecule has 0 saturated heterocycles. The van der Waals surface area contributed by atoms with E-state index in [2.05, 4.69) is 39.3 Å². The fourth-order valence-electron chi connectivity index (χ4n) is 1.54. The molecule has 17 heavy (non-hydrogen) atoms. The molecule has 1 N–H and O–H groups in total. The average molecular weight is 233 g/mol. The molecule has 90 valence electrons. The molecule has 0 fully saturated rings. The Labute approximate surface area is 99.5 Å². The maximum Gasteiger partial charge on any atom is 0.228 e. The van der Waals surface area contributed by atoms with Gasteiger partial charge in [0.15, 0.2) is 0 Å². The quantitative estimate of drug-likeness (QED) is 0.832. The fourth-order valence-corrected chi connectivity index (χ4v) is 1.54. The van der Waals surface area contributed by atoms with Crippen molar-refractivity contribution in [2.24, 2.45) is 0 Å². The molecule has 6 heteroatoms. The minimum absolute atomic E-state index is 0.315. The highest BCUT2D eigenvalue weighted by Crippen LogP contribution is 2.11. The average Bonchev–Trinajstić information content (AvgIpc) is 2.79. The van der Waals surface area contributed by atoms with Gasteiger partial charge in [0.25, 0.3) is 0 Å². The molecule has 0 bridgehead atoms. The number of likely N-dealkylation sites (N-methyl/N-ethyl adjacent to an activating group) is 1. The second-order valence-corrected chi connectivity index (χ2v) is 3.77. The van der Waals surface area contributed by atoms with Crippen molar-refractivity contribution in [1.82, 2.24) is 25.4 Å². The maximum absolute atomic E-state index is 5.17. The number of nitrogens with zero attached hydrogens (tertiary/aromatic N) is 4. The highest BCUT2D eigenvalue weighted by atomic mass is 16.5. The lowest BCUT2D eigenvalue weighted by Gasteiger charge is -2.07. The van der Waals surface area contributed by atoms with Crippen molar-refractivity contribution < 1.29 is 4.52 Å². The molecule has 0 aliphatic rings. The number of aromatic nitrogens is 4. The van der Waals surface area contributed by atoms with Gasteiger partial charge in [0.2, 0.25) is 11.7 Å². The van der Waals surface area contributed by atoms with E-state index in [-0.39, 0.29) is 0 Å². The zero-order valence-corrected chi connectivity index (χ0v) is 9.92. The molecule has 0 saturated carbocycles. The largest absolute Gasteiger partial charge is 0.339 e. The summed E-state index contributed by atoms with van der Waals surface area (Å²) in [4.78, 5) is 12.4. The van der Waals surface area contributed by atoms with Gasteiger partial charge in [-0.2, -0.15) is 4.98 Å². The third-order valence-electron chi connectivity index (χ3n) is 2.29. The number of rotatable bonds is 5. The van der Waals surface area contributed by atoms with Crippen molar-refractivity contribution in [3.63, 3.8) is 0 Å². The van der Waals surface area contributed by atoms with Crippen molar-refractivity contribution in [2.75, 3.05) is 6.54 Å². The van der Waals surface area contributed by atoms with E-state index in [0.29, 0.717) is 29.9 Å². The summed E-state index contributed by atoms with van der Waals surface area (Å²) in [6.45, 7) is 5.07. The lowest BCUT2D eigenvalue weighted by atomic mass is 10.2. The summed E-state index contributed by atoms with van der Waals surface area (Å²) in [5, 5.41) is 7.17. The highest BCUT2D eigenvalue weighted by Gasteiger charge is 2.12.